The Labute approximate surface area is 149 Å². The summed E-state index contributed by atoms with van der Waals surface area (Å²) >= 11 is 1.72. The van der Waals surface area contributed by atoms with Crippen molar-refractivity contribution in [1.82, 2.24) is 15.6 Å². The van der Waals surface area contributed by atoms with Gasteiger partial charge in [0.2, 0.25) is 0 Å². The predicted octanol–water partition coefficient (Wildman–Crippen LogP) is 2.80. The molecule has 0 aliphatic heterocycles. The Bertz CT molecular complexity index is 434. The van der Waals surface area contributed by atoms with Gasteiger partial charge in [-0.25, -0.2) is 9.98 Å². The van der Waals surface area contributed by atoms with Gasteiger partial charge in [-0.05, 0) is 27.2 Å². The number of hydrogen-bond acceptors (Lipinski definition) is 4. The number of halogens is 1. The first-order valence-corrected chi connectivity index (χ1v) is 7.83. The third-order valence-corrected chi connectivity index (χ3v) is 4.03. The van der Waals surface area contributed by atoms with Crippen LogP contribution in [-0.4, -0.2) is 36.7 Å². The molecule has 0 saturated carbocycles. The molecule has 0 spiro atoms. The van der Waals surface area contributed by atoms with Gasteiger partial charge in [-0.1, -0.05) is 6.92 Å². The van der Waals surface area contributed by atoms with Gasteiger partial charge < -0.3 is 15.4 Å². The van der Waals surface area contributed by atoms with Gasteiger partial charge in [0.15, 0.2) is 5.96 Å². The number of thiazole rings is 1. The van der Waals surface area contributed by atoms with Gasteiger partial charge in [-0.3, -0.25) is 0 Å². The van der Waals surface area contributed by atoms with Gasteiger partial charge in [-0.15, -0.1) is 35.3 Å². The predicted molar refractivity (Wildman–Crippen MR) is 101 cm³/mol. The van der Waals surface area contributed by atoms with E-state index >= 15 is 0 Å². The molecular weight excluding hydrogens is 399 g/mol. The first-order chi connectivity index (χ1) is 9.50. The molecule has 5 nitrogen and oxygen atoms in total. The molecule has 0 radical (unpaired) electrons. The Morgan fingerprint density at radius 2 is 2.10 bits per heavy atom. The molecule has 1 aromatic heterocycles. The van der Waals surface area contributed by atoms with Crippen molar-refractivity contribution in [3.05, 3.63) is 16.1 Å². The second-order valence-electron chi connectivity index (χ2n) is 5.09. The molecular formula is C14H27IN4OS. The maximum absolute atomic E-state index is 5.39. The van der Waals surface area contributed by atoms with Crippen molar-refractivity contribution in [3.8, 4) is 0 Å². The number of nitrogens with one attached hydrogen (secondary N) is 2. The number of guanidine groups is 1. The first kappa shape index (κ1) is 20.6. The molecule has 0 fully saturated rings. The van der Waals surface area contributed by atoms with Gasteiger partial charge >= 0.3 is 0 Å². The van der Waals surface area contributed by atoms with Crippen molar-refractivity contribution >= 4 is 41.3 Å². The highest BCUT2D eigenvalue weighted by molar-refractivity contribution is 14.0. The zero-order chi connectivity index (χ0) is 15.0. The second kappa shape index (κ2) is 10.3. The van der Waals surface area contributed by atoms with Crippen molar-refractivity contribution in [2.24, 2.45) is 4.99 Å². The van der Waals surface area contributed by atoms with Gasteiger partial charge in [0, 0.05) is 31.3 Å². The summed E-state index contributed by atoms with van der Waals surface area (Å²) in [6.45, 7) is 10.4. The second-order valence-corrected chi connectivity index (χ2v) is 6.29. The average molecular weight is 426 g/mol. The van der Waals surface area contributed by atoms with E-state index in [4.69, 9.17) is 4.74 Å². The zero-order valence-corrected chi connectivity index (χ0v) is 16.7. The van der Waals surface area contributed by atoms with Crippen molar-refractivity contribution in [2.75, 3.05) is 20.2 Å². The van der Waals surface area contributed by atoms with Crippen LogP contribution in [0.1, 0.15) is 37.6 Å². The zero-order valence-electron chi connectivity index (χ0n) is 13.5. The van der Waals surface area contributed by atoms with Crippen LogP contribution in [0.4, 0.5) is 0 Å². The number of aryl methyl sites for hydroxylation is 1. The highest BCUT2D eigenvalue weighted by atomic mass is 127. The number of aliphatic imine (C=N–C) groups is 1. The van der Waals surface area contributed by atoms with Crippen molar-refractivity contribution in [2.45, 2.75) is 46.3 Å². The fraction of sp³-hybridized carbons (Fsp3) is 0.714. The van der Waals surface area contributed by atoms with E-state index in [2.05, 4.69) is 34.5 Å². The van der Waals surface area contributed by atoms with E-state index < -0.39 is 0 Å². The van der Waals surface area contributed by atoms with Crippen LogP contribution in [0.25, 0.3) is 0 Å². The van der Waals surface area contributed by atoms with Crippen molar-refractivity contribution in [1.29, 1.82) is 0 Å². The Kier molecular flexibility index (Phi) is 10.1. The summed E-state index contributed by atoms with van der Waals surface area (Å²) in [6, 6.07) is 0. The van der Waals surface area contributed by atoms with Gasteiger partial charge in [0.1, 0.15) is 5.01 Å². The molecule has 1 aromatic rings. The molecule has 0 bridgehead atoms. The van der Waals surface area contributed by atoms with E-state index in [1.807, 2.05) is 20.0 Å². The Balaban J connectivity index is 0.00000400. The summed E-state index contributed by atoms with van der Waals surface area (Å²) in [5, 5.41) is 7.57. The smallest absolute Gasteiger partial charge is 0.191 e. The van der Waals surface area contributed by atoms with Gasteiger partial charge in [0.25, 0.3) is 0 Å². The Morgan fingerprint density at radius 1 is 1.38 bits per heavy atom. The number of ether oxygens (including phenoxy) is 1. The molecule has 0 aromatic carbocycles. The molecule has 0 aliphatic carbocycles. The quantitative estimate of drug-likeness (QED) is 0.400. The molecule has 0 unspecified atom stereocenters. The number of nitrogens with zero attached hydrogens (tertiary/aromatic N) is 2. The van der Waals surface area contributed by atoms with E-state index in [-0.39, 0.29) is 29.6 Å². The number of hydrogen-bond donors (Lipinski definition) is 2. The van der Waals surface area contributed by atoms with E-state index in [0.717, 1.165) is 23.9 Å². The minimum atomic E-state index is -0.216. The van der Waals surface area contributed by atoms with Crippen LogP contribution >= 0.6 is 35.3 Å². The van der Waals surface area contributed by atoms with Gasteiger partial charge in [0.05, 0.1) is 12.1 Å². The van der Waals surface area contributed by atoms with Gasteiger partial charge in [-0.2, -0.15) is 0 Å². The van der Waals surface area contributed by atoms with Crippen LogP contribution in [0.3, 0.4) is 0 Å². The van der Waals surface area contributed by atoms with E-state index in [9.17, 15) is 0 Å². The summed E-state index contributed by atoms with van der Waals surface area (Å²) in [4.78, 5) is 10.2. The molecule has 0 atom stereocenters. The fourth-order valence-corrected chi connectivity index (χ4v) is 2.23. The Hall–Kier alpha value is -0.410. The molecule has 1 rings (SSSR count). The average Bonchev–Trinajstić information content (AvgIpc) is 2.90. The largest absolute Gasteiger partial charge is 0.377 e. The lowest BCUT2D eigenvalue weighted by molar-refractivity contribution is 0.0268. The van der Waals surface area contributed by atoms with Crippen LogP contribution in [0.2, 0.25) is 0 Å². The van der Waals surface area contributed by atoms with E-state index in [1.54, 1.807) is 18.4 Å². The van der Waals surface area contributed by atoms with Crippen LogP contribution in [-0.2, 0) is 17.7 Å². The highest BCUT2D eigenvalue weighted by Gasteiger charge is 2.16. The molecule has 1 heterocycles. The number of methoxy groups -OCH3 is 1. The summed E-state index contributed by atoms with van der Waals surface area (Å²) in [5.41, 5.74) is -0.216. The molecule has 2 N–H and O–H groups in total. The maximum atomic E-state index is 5.39. The van der Waals surface area contributed by atoms with Crippen LogP contribution in [0.15, 0.2) is 11.2 Å². The van der Waals surface area contributed by atoms with E-state index in [1.165, 1.54) is 4.88 Å². The molecule has 7 heteroatoms. The summed E-state index contributed by atoms with van der Waals surface area (Å²) in [5.74, 6) is 0.797. The minimum absolute atomic E-state index is 0. The van der Waals surface area contributed by atoms with Crippen LogP contribution < -0.4 is 10.6 Å². The normalized spacial score (nSPS) is 12.0. The minimum Gasteiger partial charge on any atom is -0.377 e. The lowest BCUT2D eigenvalue weighted by Crippen LogP contribution is -2.45. The fourth-order valence-electron chi connectivity index (χ4n) is 1.44. The third kappa shape index (κ3) is 7.96. The summed E-state index contributed by atoms with van der Waals surface area (Å²) in [6.07, 6.45) is 2.96. The lowest BCUT2D eigenvalue weighted by Gasteiger charge is -2.24. The molecule has 0 amide bonds. The molecule has 122 valence electrons. The summed E-state index contributed by atoms with van der Waals surface area (Å²) in [7, 11) is 1.72. The SMILES string of the molecule is CCNC(=NCc1ncc(CC)s1)NCC(C)(C)OC.I. The number of rotatable bonds is 7. The monoisotopic (exact) mass is 426 g/mol. The molecule has 21 heavy (non-hydrogen) atoms. The van der Waals surface area contributed by atoms with E-state index in [0.29, 0.717) is 13.1 Å². The lowest BCUT2D eigenvalue weighted by atomic mass is 10.1. The maximum Gasteiger partial charge on any atom is 0.191 e. The summed E-state index contributed by atoms with van der Waals surface area (Å²) < 4.78 is 5.39. The van der Waals surface area contributed by atoms with Crippen LogP contribution in [0, 0.1) is 0 Å². The Morgan fingerprint density at radius 3 is 2.62 bits per heavy atom. The first-order valence-electron chi connectivity index (χ1n) is 7.01. The standard InChI is InChI=1S/C14H26N4OS.HI/c1-6-11-8-16-12(20-11)9-17-13(15-7-2)18-10-14(3,4)19-5;/h8H,6-7,9-10H2,1-5H3,(H2,15,17,18);1H. The van der Waals surface area contributed by atoms with Crippen LogP contribution in [0.5, 0.6) is 0 Å². The molecule has 0 saturated heterocycles. The van der Waals surface area contributed by atoms with Crippen molar-refractivity contribution in [3.63, 3.8) is 0 Å². The van der Waals surface area contributed by atoms with Crippen molar-refractivity contribution < 1.29 is 4.74 Å². The molecule has 0 aliphatic rings. The number of aromatic nitrogens is 1. The highest BCUT2D eigenvalue weighted by Crippen LogP contribution is 2.14. The third-order valence-electron chi connectivity index (χ3n) is 2.90. The topological polar surface area (TPSA) is 58.5 Å².